The number of hydrogen-bond donors (Lipinski definition) is 3. The van der Waals surface area contributed by atoms with E-state index >= 15 is 0 Å². The second-order valence-corrected chi connectivity index (χ2v) is 10.7. The van der Waals surface area contributed by atoms with Gasteiger partial charge < -0.3 is 14.8 Å². The third-order valence-corrected chi connectivity index (χ3v) is 8.12. The summed E-state index contributed by atoms with van der Waals surface area (Å²) in [5.41, 5.74) is 2.95. The van der Waals surface area contributed by atoms with Gasteiger partial charge in [-0.3, -0.25) is 13.7 Å². The highest BCUT2D eigenvalue weighted by molar-refractivity contribution is 9.10. The number of nitrogens with zero attached hydrogens (tertiary/aromatic N) is 1. The number of fused-ring (bicyclic) bond motifs is 1. The molecule has 1 aliphatic rings. The van der Waals surface area contributed by atoms with Crippen molar-refractivity contribution >= 4 is 49.8 Å². The number of carbonyl (C=O) groups is 1. The highest BCUT2D eigenvalue weighted by atomic mass is 79.9. The van der Waals surface area contributed by atoms with Crippen molar-refractivity contribution in [3.05, 3.63) is 86.9 Å². The first kappa shape index (κ1) is 26.5. The van der Waals surface area contributed by atoms with Gasteiger partial charge in [-0.15, -0.1) is 0 Å². The lowest BCUT2D eigenvalue weighted by Crippen LogP contribution is -2.26. The van der Waals surface area contributed by atoms with Gasteiger partial charge >= 0.3 is 0 Å². The summed E-state index contributed by atoms with van der Waals surface area (Å²) in [5, 5.41) is 12.7. The minimum atomic E-state index is -2.49. The molecular weight excluding hydrogens is 582 g/mol. The van der Waals surface area contributed by atoms with Gasteiger partial charge in [-0.1, -0.05) is 6.07 Å². The smallest absolute Gasteiger partial charge is 0.262 e. The van der Waals surface area contributed by atoms with Gasteiger partial charge in [0, 0.05) is 24.1 Å². The molecule has 3 N–H and O–H groups in total. The Kier molecular flexibility index (Phi) is 7.36. The number of aliphatic hydroxyl groups is 1. The minimum Gasteiger partial charge on any atom is -0.455 e. The van der Waals surface area contributed by atoms with Crippen LogP contribution < -0.4 is 9.62 Å². The summed E-state index contributed by atoms with van der Waals surface area (Å²) in [7, 11) is 1.50. The fourth-order valence-electron chi connectivity index (χ4n) is 4.55. The number of aliphatic hydroxyl groups excluding tert-OH is 1. The Morgan fingerprint density at radius 1 is 1.18 bits per heavy atom. The Hall–Kier alpha value is -3.12. The van der Waals surface area contributed by atoms with Crippen molar-refractivity contribution in [2.24, 2.45) is 0 Å². The molecule has 1 heterocycles. The number of furan rings is 1. The van der Waals surface area contributed by atoms with Crippen LogP contribution >= 0.6 is 15.9 Å². The molecule has 3 aromatic carbocycles. The summed E-state index contributed by atoms with van der Waals surface area (Å²) >= 11 is 0.616. The zero-order valence-electron chi connectivity index (χ0n) is 20.1. The zero-order chi connectivity index (χ0) is 27.1. The van der Waals surface area contributed by atoms with Gasteiger partial charge in [0.05, 0.1) is 28.9 Å². The van der Waals surface area contributed by atoms with Crippen molar-refractivity contribution in [3.8, 4) is 11.3 Å². The van der Waals surface area contributed by atoms with Crippen LogP contribution in [0.4, 0.5) is 14.5 Å². The van der Waals surface area contributed by atoms with E-state index in [1.54, 1.807) is 18.2 Å². The Morgan fingerprint density at radius 2 is 1.89 bits per heavy atom. The van der Waals surface area contributed by atoms with E-state index in [0.29, 0.717) is 33.3 Å². The predicted molar refractivity (Wildman–Crippen MR) is 144 cm³/mol. The van der Waals surface area contributed by atoms with E-state index in [0.717, 1.165) is 18.4 Å². The summed E-state index contributed by atoms with van der Waals surface area (Å²) in [4.78, 5) is 12.9. The van der Waals surface area contributed by atoms with Gasteiger partial charge in [-0.25, -0.2) is 13.0 Å². The topological polar surface area (TPSA) is 103 Å². The molecule has 198 valence electrons. The SMILES string of the molecule is CNC(=O)c1c(-c2ccc(F)cc2)oc2cc(N(Cc3cc(F)c(Br)c(CO)c3)S(=O)O)c(C3CC3)cc12. The molecule has 1 aromatic heterocycles. The summed E-state index contributed by atoms with van der Waals surface area (Å²) in [5.74, 6) is -1.06. The molecule has 7 nitrogen and oxygen atoms in total. The van der Waals surface area contributed by atoms with Crippen LogP contribution in [-0.2, 0) is 24.4 Å². The molecule has 0 bridgehead atoms. The molecule has 1 atom stereocenters. The lowest BCUT2D eigenvalue weighted by molar-refractivity contribution is 0.0964. The lowest BCUT2D eigenvalue weighted by atomic mass is 10.00. The van der Waals surface area contributed by atoms with E-state index in [1.807, 2.05) is 0 Å². The average molecular weight is 605 g/mol. The highest BCUT2D eigenvalue weighted by Crippen LogP contribution is 2.48. The minimum absolute atomic E-state index is 0.108. The number of amides is 1. The van der Waals surface area contributed by atoms with Gasteiger partial charge in [0.25, 0.3) is 17.2 Å². The van der Waals surface area contributed by atoms with Crippen LogP contribution in [0.25, 0.3) is 22.3 Å². The van der Waals surface area contributed by atoms with E-state index in [1.165, 1.54) is 41.7 Å². The molecule has 11 heteroatoms. The molecule has 1 aliphatic carbocycles. The summed E-state index contributed by atoms with van der Waals surface area (Å²) < 4.78 is 58.3. The van der Waals surface area contributed by atoms with Gasteiger partial charge in [-0.2, -0.15) is 0 Å². The number of anilines is 1. The van der Waals surface area contributed by atoms with Crippen LogP contribution in [0, 0.1) is 11.6 Å². The number of rotatable bonds is 8. The monoisotopic (exact) mass is 604 g/mol. The molecule has 0 spiro atoms. The van der Waals surface area contributed by atoms with E-state index in [9.17, 15) is 27.4 Å². The van der Waals surface area contributed by atoms with E-state index in [2.05, 4.69) is 21.2 Å². The lowest BCUT2D eigenvalue weighted by Gasteiger charge is -2.23. The molecule has 38 heavy (non-hydrogen) atoms. The number of hydrogen-bond acceptors (Lipinski definition) is 4. The quantitative estimate of drug-likeness (QED) is 0.214. The molecule has 0 radical (unpaired) electrons. The first-order valence-electron chi connectivity index (χ1n) is 11.8. The molecule has 1 amide bonds. The standard InChI is InChI=1S/C27H23BrF2N2O5S/c1-31-27(34)24-20-10-19(15-2-3-15)22(11-23(20)37-26(24)16-4-6-18(29)7-5-16)32(38(35)36)12-14-8-17(13-33)25(28)21(30)9-14/h4-11,15,33H,2-3,12-13H2,1H3,(H,31,34)(H,35,36). The van der Waals surface area contributed by atoms with Crippen LogP contribution in [0.3, 0.4) is 0 Å². The number of nitrogens with one attached hydrogen (secondary N) is 1. The summed E-state index contributed by atoms with van der Waals surface area (Å²) in [6.07, 6.45) is 1.73. The van der Waals surface area contributed by atoms with Crippen molar-refractivity contribution in [2.45, 2.75) is 31.9 Å². The summed E-state index contributed by atoms with van der Waals surface area (Å²) in [6.45, 7) is -0.535. The zero-order valence-corrected chi connectivity index (χ0v) is 22.5. The van der Waals surface area contributed by atoms with Crippen molar-refractivity contribution in [1.82, 2.24) is 5.32 Å². The average Bonchev–Trinajstić information content (AvgIpc) is 3.68. The molecule has 0 aliphatic heterocycles. The van der Waals surface area contributed by atoms with Gasteiger partial charge in [0.2, 0.25) is 0 Å². The maximum Gasteiger partial charge on any atom is 0.262 e. The fraction of sp³-hybridized carbons (Fsp3) is 0.222. The third-order valence-electron chi connectivity index (χ3n) is 6.53. The van der Waals surface area contributed by atoms with Crippen molar-refractivity contribution in [1.29, 1.82) is 0 Å². The second-order valence-electron chi connectivity index (χ2n) is 9.05. The maximum atomic E-state index is 14.5. The molecular formula is C27H23BrF2N2O5S. The number of benzene rings is 3. The Morgan fingerprint density at radius 3 is 2.50 bits per heavy atom. The molecule has 5 rings (SSSR count). The molecule has 1 fully saturated rings. The van der Waals surface area contributed by atoms with Crippen LogP contribution in [0.2, 0.25) is 0 Å². The first-order chi connectivity index (χ1) is 18.2. The van der Waals surface area contributed by atoms with Crippen LogP contribution in [0.15, 0.2) is 57.4 Å². The van der Waals surface area contributed by atoms with Gasteiger partial charge in [-0.05, 0) is 87.8 Å². The largest absolute Gasteiger partial charge is 0.455 e. The molecule has 0 saturated heterocycles. The summed E-state index contributed by atoms with van der Waals surface area (Å²) in [6, 6.07) is 11.8. The predicted octanol–water partition coefficient (Wildman–Crippen LogP) is 6.01. The number of halogens is 3. The fourth-order valence-corrected chi connectivity index (χ4v) is 5.49. The normalized spacial score (nSPS) is 14.1. The van der Waals surface area contributed by atoms with E-state index in [4.69, 9.17) is 4.42 Å². The van der Waals surface area contributed by atoms with Gasteiger partial charge in [0.15, 0.2) is 0 Å². The molecule has 4 aromatic rings. The number of carbonyl (C=O) groups excluding carboxylic acids is 1. The highest BCUT2D eigenvalue weighted by Gasteiger charge is 2.32. The Labute approximate surface area is 228 Å². The second kappa shape index (κ2) is 10.6. The van der Waals surface area contributed by atoms with E-state index < -0.39 is 29.5 Å². The van der Waals surface area contributed by atoms with Crippen LogP contribution in [0.5, 0.6) is 0 Å². The van der Waals surface area contributed by atoms with Crippen LogP contribution in [0.1, 0.15) is 45.8 Å². The van der Waals surface area contributed by atoms with Crippen molar-refractivity contribution in [3.63, 3.8) is 0 Å². The van der Waals surface area contributed by atoms with Gasteiger partial charge in [0.1, 0.15) is 23.0 Å². The molecule has 1 unspecified atom stereocenters. The third kappa shape index (κ3) is 4.98. The van der Waals surface area contributed by atoms with Crippen molar-refractivity contribution in [2.75, 3.05) is 11.4 Å². The van der Waals surface area contributed by atoms with Crippen molar-refractivity contribution < 1.29 is 31.9 Å². The maximum absolute atomic E-state index is 14.5. The molecule has 1 saturated carbocycles. The van der Waals surface area contributed by atoms with Crippen LogP contribution in [-0.4, -0.2) is 26.8 Å². The Bertz CT molecular complexity index is 1570. The Balaban J connectivity index is 1.68. The first-order valence-corrected chi connectivity index (χ1v) is 13.6. The van der Waals surface area contributed by atoms with E-state index in [-0.39, 0.29) is 34.2 Å².